The molecule has 0 saturated heterocycles. The first-order valence-corrected chi connectivity index (χ1v) is 17.1. The minimum Gasteiger partial charge on any atom is -0.264 e. The number of amidine groups is 1. The lowest BCUT2D eigenvalue weighted by Crippen LogP contribution is -1.98. The summed E-state index contributed by atoms with van der Waals surface area (Å²) in [6, 6.07) is 59.8. The van der Waals surface area contributed by atoms with Crippen molar-refractivity contribution in [2.24, 2.45) is 9.98 Å². The lowest BCUT2D eigenvalue weighted by Gasteiger charge is -2.10. The van der Waals surface area contributed by atoms with E-state index in [2.05, 4.69) is 187 Å². The number of hydrogen-bond acceptors (Lipinski definition) is 2. The standard InChI is InChI=1S/C48H35N3/c1-49-48(41-27-23-39(24-28-41)46-14-6-11-38-9-4-5-13-45(38)46)51-47(40-25-20-37(21-26-40)44-12-7-31-50-33-44)30-17-34-15-18-36(19-16-34)43-29-22-35-8-2-3-10-42(35)32-43/h2-16,18-33H,1,17H2/b47-30-,51-48-. The average molecular weight is 654 g/mol. The van der Waals surface area contributed by atoms with Crippen LogP contribution in [0.5, 0.6) is 0 Å². The molecular weight excluding hydrogens is 619 g/mol. The predicted octanol–water partition coefficient (Wildman–Crippen LogP) is 12.1. The second-order valence-corrected chi connectivity index (χ2v) is 12.6. The van der Waals surface area contributed by atoms with Gasteiger partial charge >= 0.3 is 0 Å². The maximum absolute atomic E-state index is 5.14. The van der Waals surface area contributed by atoms with Gasteiger partial charge in [0.15, 0.2) is 5.84 Å². The van der Waals surface area contributed by atoms with Crippen molar-refractivity contribution in [3.05, 3.63) is 205 Å². The highest BCUT2D eigenvalue weighted by Crippen LogP contribution is 2.30. The fourth-order valence-corrected chi connectivity index (χ4v) is 6.59. The molecule has 3 heteroatoms. The number of aromatic nitrogens is 1. The number of benzene rings is 7. The molecule has 242 valence electrons. The smallest absolute Gasteiger partial charge is 0.159 e. The number of aliphatic imine (C=N–C) groups is 2. The van der Waals surface area contributed by atoms with Gasteiger partial charge in [0.05, 0.1) is 5.70 Å². The highest BCUT2D eigenvalue weighted by molar-refractivity contribution is 6.05. The van der Waals surface area contributed by atoms with Crippen LogP contribution < -0.4 is 0 Å². The third-order valence-electron chi connectivity index (χ3n) is 9.36. The minimum absolute atomic E-state index is 0.578. The molecule has 0 aliphatic carbocycles. The molecule has 0 atom stereocenters. The topological polar surface area (TPSA) is 37.6 Å². The molecule has 0 unspecified atom stereocenters. The molecule has 1 heterocycles. The third-order valence-corrected chi connectivity index (χ3v) is 9.36. The molecule has 7 aromatic carbocycles. The first kappa shape index (κ1) is 31.6. The Kier molecular flexibility index (Phi) is 8.92. The number of rotatable bonds is 8. The Balaban J connectivity index is 1.11. The number of fused-ring (bicyclic) bond motifs is 2. The fraction of sp³-hybridized carbons (Fsp3) is 0.0208. The van der Waals surface area contributed by atoms with E-state index in [0.29, 0.717) is 12.3 Å². The zero-order valence-corrected chi connectivity index (χ0v) is 28.2. The molecule has 0 fully saturated rings. The van der Waals surface area contributed by atoms with Crippen molar-refractivity contribution in [1.82, 2.24) is 4.98 Å². The molecule has 0 amide bonds. The molecule has 0 radical (unpaired) electrons. The highest BCUT2D eigenvalue weighted by atomic mass is 14.9. The molecule has 0 spiro atoms. The second kappa shape index (κ2) is 14.4. The molecule has 3 nitrogen and oxygen atoms in total. The molecular formula is C48H35N3. The number of nitrogens with zero attached hydrogens (tertiary/aromatic N) is 3. The molecule has 0 N–H and O–H groups in total. The van der Waals surface area contributed by atoms with Crippen LogP contribution in [0.25, 0.3) is 60.6 Å². The van der Waals surface area contributed by atoms with E-state index in [9.17, 15) is 0 Å². The summed E-state index contributed by atoms with van der Waals surface area (Å²) >= 11 is 0. The van der Waals surface area contributed by atoms with Crippen LogP contribution in [0.15, 0.2) is 198 Å². The highest BCUT2D eigenvalue weighted by Gasteiger charge is 2.10. The molecule has 8 aromatic rings. The van der Waals surface area contributed by atoms with Crippen LogP contribution in [0, 0.1) is 0 Å². The van der Waals surface area contributed by atoms with Crippen molar-refractivity contribution >= 4 is 39.8 Å². The number of pyridine rings is 1. The van der Waals surface area contributed by atoms with Crippen molar-refractivity contribution < 1.29 is 0 Å². The van der Waals surface area contributed by atoms with Crippen LogP contribution in [0.3, 0.4) is 0 Å². The number of allylic oxidation sites excluding steroid dienone is 1. The zero-order valence-electron chi connectivity index (χ0n) is 28.2. The van der Waals surface area contributed by atoms with Crippen LogP contribution in [-0.2, 0) is 6.42 Å². The van der Waals surface area contributed by atoms with Gasteiger partial charge in [0.1, 0.15) is 0 Å². The largest absolute Gasteiger partial charge is 0.264 e. The summed E-state index contributed by atoms with van der Waals surface area (Å²) in [6.07, 6.45) is 6.57. The van der Waals surface area contributed by atoms with Gasteiger partial charge in [0.2, 0.25) is 0 Å². The molecule has 0 aliphatic heterocycles. The van der Waals surface area contributed by atoms with Crippen LogP contribution in [-0.4, -0.2) is 17.5 Å². The van der Waals surface area contributed by atoms with E-state index in [4.69, 9.17) is 4.99 Å². The second-order valence-electron chi connectivity index (χ2n) is 12.6. The summed E-state index contributed by atoms with van der Waals surface area (Å²) < 4.78 is 0. The van der Waals surface area contributed by atoms with E-state index in [-0.39, 0.29) is 0 Å². The van der Waals surface area contributed by atoms with Gasteiger partial charge in [0.25, 0.3) is 0 Å². The first-order valence-electron chi connectivity index (χ1n) is 17.1. The molecule has 1 aromatic heterocycles. The maximum atomic E-state index is 5.14. The Morgan fingerprint density at radius 1 is 0.529 bits per heavy atom. The Bertz CT molecular complexity index is 2520. The lowest BCUT2D eigenvalue weighted by atomic mass is 9.97. The van der Waals surface area contributed by atoms with Gasteiger partial charge in [-0.1, -0.05) is 164 Å². The summed E-state index contributed by atoms with van der Waals surface area (Å²) in [4.78, 5) is 13.8. The van der Waals surface area contributed by atoms with Gasteiger partial charge < -0.3 is 0 Å². The van der Waals surface area contributed by atoms with Gasteiger partial charge in [-0.05, 0) is 91.3 Å². The van der Waals surface area contributed by atoms with Gasteiger partial charge in [-0.2, -0.15) is 0 Å². The summed E-state index contributed by atoms with van der Waals surface area (Å²) in [5, 5.41) is 4.95. The van der Waals surface area contributed by atoms with E-state index in [1.54, 1.807) is 6.20 Å². The van der Waals surface area contributed by atoms with Crippen molar-refractivity contribution in [2.75, 3.05) is 0 Å². The Morgan fingerprint density at radius 2 is 1.18 bits per heavy atom. The summed E-state index contributed by atoms with van der Waals surface area (Å²) in [5.74, 6) is 0.578. The van der Waals surface area contributed by atoms with Crippen molar-refractivity contribution in [1.29, 1.82) is 0 Å². The summed E-state index contributed by atoms with van der Waals surface area (Å²) in [5.41, 5.74) is 10.9. The van der Waals surface area contributed by atoms with Crippen LogP contribution >= 0.6 is 0 Å². The van der Waals surface area contributed by atoms with Crippen LogP contribution in [0.4, 0.5) is 0 Å². The monoisotopic (exact) mass is 653 g/mol. The van der Waals surface area contributed by atoms with E-state index in [0.717, 1.165) is 33.5 Å². The molecule has 0 bridgehead atoms. The maximum Gasteiger partial charge on any atom is 0.159 e. The minimum atomic E-state index is 0.578. The summed E-state index contributed by atoms with van der Waals surface area (Å²) in [7, 11) is 0. The quantitative estimate of drug-likeness (QED) is 0.119. The van der Waals surface area contributed by atoms with Gasteiger partial charge in [-0.25, -0.2) is 9.98 Å². The van der Waals surface area contributed by atoms with E-state index in [1.807, 2.05) is 12.3 Å². The van der Waals surface area contributed by atoms with Crippen molar-refractivity contribution in [2.45, 2.75) is 6.42 Å². The van der Waals surface area contributed by atoms with E-state index >= 15 is 0 Å². The Labute approximate surface area is 298 Å². The summed E-state index contributed by atoms with van der Waals surface area (Å²) in [6.45, 7) is 3.92. The molecule has 51 heavy (non-hydrogen) atoms. The van der Waals surface area contributed by atoms with Crippen molar-refractivity contribution in [3.63, 3.8) is 0 Å². The fourth-order valence-electron chi connectivity index (χ4n) is 6.59. The molecule has 8 rings (SSSR count). The zero-order chi connectivity index (χ0) is 34.4. The van der Waals surface area contributed by atoms with Crippen LogP contribution in [0.1, 0.15) is 16.7 Å². The first-order chi connectivity index (χ1) is 25.2. The predicted molar refractivity (Wildman–Crippen MR) is 216 cm³/mol. The Hall–Kier alpha value is -6.71. The van der Waals surface area contributed by atoms with E-state index in [1.165, 1.54) is 43.8 Å². The van der Waals surface area contributed by atoms with Gasteiger partial charge in [-0.3, -0.25) is 4.98 Å². The Morgan fingerprint density at radius 3 is 1.94 bits per heavy atom. The molecule has 0 saturated carbocycles. The van der Waals surface area contributed by atoms with E-state index < -0.39 is 0 Å². The van der Waals surface area contributed by atoms with Crippen molar-refractivity contribution in [3.8, 4) is 33.4 Å². The van der Waals surface area contributed by atoms with Crippen LogP contribution in [0.2, 0.25) is 0 Å². The number of hydrogen-bond donors (Lipinski definition) is 0. The van der Waals surface area contributed by atoms with Gasteiger partial charge in [0, 0.05) is 18.0 Å². The third kappa shape index (κ3) is 6.92. The average Bonchev–Trinajstić information content (AvgIpc) is 3.21. The lowest BCUT2D eigenvalue weighted by molar-refractivity contribution is 1.26. The SMILES string of the molecule is C=N/C(=N\C(=C/Cc1ccc(-c2ccc3ccccc3c2)cc1)c1ccc(-c2cccnc2)cc1)c1ccc(-c2cccc3ccccc23)cc1. The van der Waals surface area contributed by atoms with Gasteiger partial charge in [-0.15, -0.1) is 0 Å². The molecule has 0 aliphatic rings. The normalized spacial score (nSPS) is 11.9.